The molecule has 2 unspecified atom stereocenters. The summed E-state index contributed by atoms with van der Waals surface area (Å²) >= 11 is 0. The maximum atomic E-state index is 12.1. The lowest BCUT2D eigenvalue weighted by molar-refractivity contribution is -0.166. The molecule has 0 bridgehead atoms. The zero-order valence-electron chi connectivity index (χ0n) is 11.3. The van der Waals surface area contributed by atoms with Gasteiger partial charge in [-0.05, 0) is 39.5 Å². The highest BCUT2D eigenvalue weighted by Crippen LogP contribution is 2.34. The van der Waals surface area contributed by atoms with E-state index in [1.165, 1.54) is 0 Å². The smallest absolute Gasteiger partial charge is 0.321 e. The van der Waals surface area contributed by atoms with Gasteiger partial charge < -0.3 is 15.6 Å². The number of aliphatic carboxylic acids is 1. The summed E-state index contributed by atoms with van der Waals surface area (Å²) < 4.78 is 5.30. The van der Waals surface area contributed by atoms with Gasteiger partial charge in [0.15, 0.2) is 0 Å². The van der Waals surface area contributed by atoms with E-state index in [0.29, 0.717) is 0 Å². The molecule has 1 fully saturated rings. The lowest BCUT2D eigenvalue weighted by Crippen LogP contribution is -2.47. The molecule has 18 heavy (non-hydrogen) atoms. The molecule has 3 N–H and O–H groups in total. The van der Waals surface area contributed by atoms with E-state index in [2.05, 4.69) is 0 Å². The van der Waals surface area contributed by atoms with Gasteiger partial charge in [0.1, 0.15) is 11.6 Å². The SMILES string of the molecule is CC(C)(C)OC(=O)C(C1CCCC1)C(N)C(=O)O. The van der Waals surface area contributed by atoms with Gasteiger partial charge in [-0.2, -0.15) is 0 Å². The van der Waals surface area contributed by atoms with Gasteiger partial charge in [-0.3, -0.25) is 9.59 Å². The molecule has 0 saturated heterocycles. The Labute approximate surface area is 108 Å². The summed E-state index contributed by atoms with van der Waals surface area (Å²) in [5.74, 6) is -2.32. The van der Waals surface area contributed by atoms with Crippen molar-refractivity contribution in [1.82, 2.24) is 0 Å². The first-order chi connectivity index (χ1) is 8.22. The molecule has 0 spiro atoms. The molecule has 0 aliphatic heterocycles. The molecule has 0 radical (unpaired) electrons. The van der Waals surface area contributed by atoms with Crippen molar-refractivity contribution >= 4 is 11.9 Å². The molecule has 0 heterocycles. The molecular formula is C13H23NO4. The Balaban J connectivity index is 2.82. The Hall–Kier alpha value is -1.10. The van der Waals surface area contributed by atoms with Crippen molar-refractivity contribution in [1.29, 1.82) is 0 Å². The first-order valence-electron chi connectivity index (χ1n) is 6.43. The van der Waals surface area contributed by atoms with Crippen molar-refractivity contribution < 1.29 is 19.4 Å². The van der Waals surface area contributed by atoms with Crippen LogP contribution < -0.4 is 5.73 Å². The fourth-order valence-corrected chi connectivity index (χ4v) is 2.47. The molecule has 0 aromatic rings. The van der Waals surface area contributed by atoms with Crippen molar-refractivity contribution in [2.24, 2.45) is 17.6 Å². The predicted octanol–water partition coefficient (Wildman–Crippen LogP) is 1.55. The lowest BCUT2D eigenvalue weighted by Gasteiger charge is -2.29. The van der Waals surface area contributed by atoms with Gasteiger partial charge in [0.05, 0.1) is 5.92 Å². The zero-order chi connectivity index (χ0) is 13.9. The summed E-state index contributed by atoms with van der Waals surface area (Å²) in [4.78, 5) is 23.2. The lowest BCUT2D eigenvalue weighted by atomic mass is 9.85. The molecule has 104 valence electrons. The van der Waals surface area contributed by atoms with Crippen LogP contribution in [0.2, 0.25) is 0 Å². The number of carbonyl (C=O) groups is 2. The van der Waals surface area contributed by atoms with Gasteiger partial charge in [0, 0.05) is 0 Å². The number of hydrogen-bond acceptors (Lipinski definition) is 4. The molecule has 0 amide bonds. The molecule has 1 rings (SSSR count). The Morgan fingerprint density at radius 2 is 1.78 bits per heavy atom. The van der Waals surface area contributed by atoms with Crippen LogP contribution >= 0.6 is 0 Å². The number of rotatable bonds is 4. The van der Waals surface area contributed by atoms with E-state index >= 15 is 0 Å². The van der Waals surface area contributed by atoms with Crippen LogP contribution in [0.5, 0.6) is 0 Å². The number of nitrogens with two attached hydrogens (primary N) is 1. The Bertz CT molecular complexity index is 315. The quantitative estimate of drug-likeness (QED) is 0.746. The van der Waals surface area contributed by atoms with E-state index in [1.54, 1.807) is 20.8 Å². The average Bonchev–Trinajstić information content (AvgIpc) is 2.67. The molecule has 1 aliphatic carbocycles. The fraction of sp³-hybridized carbons (Fsp3) is 0.846. The first-order valence-corrected chi connectivity index (χ1v) is 6.43. The Morgan fingerprint density at radius 1 is 1.28 bits per heavy atom. The summed E-state index contributed by atoms with van der Waals surface area (Å²) in [5.41, 5.74) is 5.04. The summed E-state index contributed by atoms with van der Waals surface area (Å²) in [6.45, 7) is 5.30. The largest absolute Gasteiger partial charge is 0.480 e. The van der Waals surface area contributed by atoms with E-state index in [0.717, 1.165) is 25.7 Å². The maximum Gasteiger partial charge on any atom is 0.321 e. The Morgan fingerprint density at radius 3 is 2.17 bits per heavy atom. The number of carbonyl (C=O) groups excluding carboxylic acids is 1. The van der Waals surface area contributed by atoms with Crippen molar-refractivity contribution in [3.63, 3.8) is 0 Å². The van der Waals surface area contributed by atoms with Crippen LogP contribution in [0, 0.1) is 11.8 Å². The maximum absolute atomic E-state index is 12.1. The normalized spacial score (nSPS) is 20.4. The highest BCUT2D eigenvalue weighted by Gasteiger charge is 2.40. The number of carboxylic acids is 1. The van der Waals surface area contributed by atoms with Crippen LogP contribution in [0.4, 0.5) is 0 Å². The van der Waals surface area contributed by atoms with Crippen LogP contribution in [-0.4, -0.2) is 28.7 Å². The number of hydrogen-bond donors (Lipinski definition) is 2. The second kappa shape index (κ2) is 5.69. The fourth-order valence-electron chi connectivity index (χ4n) is 2.47. The van der Waals surface area contributed by atoms with E-state index in [4.69, 9.17) is 15.6 Å². The van der Waals surface area contributed by atoms with E-state index in [9.17, 15) is 9.59 Å². The second-order valence-corrected chi connectivity index (χ2v) is 5.97. The van der Waals surface area contributed by atoms with Crippen LogP contribution in [-0.2, 0) is 14.3 Å². The summed E-state index contributed by atoms with van der Waals surface area (Å²) in [6.07, 6.45) is 3.75. The van der Waals surface area contributed by atoms with Gasteiger partial charge in [0.2, 0.25) is 0 Å². The minimum absolute atomic E-state index is 0.0333. The van der Waals surface area contributed by atoms with Gasteiger partial charge in [0.25, 0.3) is 0 Å². The van der Waals surface area contributed by atoms with Gasteiger partial charge >= 0.3 is 11.9 Å². The molecule has 0 aromatic carbocycles. The second-order valence-electron chi connectivity index (χ2n) is 5.97. The first kappa shape index (κ1) is 15.0. The third kappa shape index (κ3) is 3.98. The third-order valence-electron chi connectivity index (χ3n) is 3.26. The average molecular weight is 257 g/mol. The zero-order valence-corrected chi connectivity index (χ0v) is 11.3. The van der Waals surface area contributed by atoms with Crippen molar-refractivity contribution in [3.05, 3.63) is 0 Å². The number of ether oxygens (including phenoxy) is 1. The topological polar surface area (TPSA) is 89.6 Å². The van der Waals surface area contributed by atoms with Crippen LogP contribution in [0.25, 0.3) is 0 Å². The highest BCUT2D eigenvalue weighted by atomic mass is 16.6. The van der Waals surface area contributed by atoms with Crippen molar-refractivity contribution in [2.75, 3.05) is 0 Å². The van der Waals surface area contributed by atoms with Crippen LogP contribution in [0.3, 0.4) is 0 Å². The van der Waals surface area contributed by atoms with Crippen molar-refractivity contribution in [2.45, 2.75) is 58.1 Å². The monoisotopic (exact) mass is 257 g/mol. The molecule has 5 heteroatoms. The summed E-state index contributed by atoms with van der Waals surface area (Å²) in [5, 5.41) is 9.03. The van der Waals surface area contributed by atoms with E-state index in [1.807, 2.05) is 0 Å². The molecule has 2 atom stereocenters. The van der Waals surface area contributed by atoms with Crippen LogP contribution in [0.1, 0.15) is 46.5 Å². The highest BCUT2D eigenvalue weighted by molar-refractivity contribution is 5.83. The molecule has 0 aromatic heterocycles. The van der Waals surface area contributed by atoms with Crippen LogP contribution in [0.15, 0.2) is 0 Å². The van der Waals surface area contributed by atoms with E-state index < -0.39 is 29.5 Å². The molecule has 1 saturated carbocycles. The predicted molar refractivity (Wildman–Crippen MR) is 66.9 cm³/mol. The standard InChI is InChI=1S/C13H23NO4/c1-13(2,3)18-12(17)9(10(14)11(15)16)8-6-4-5-7-8/h8-10H,4-7,14H2,1-3H3,(H,15,16). The van der Waals surface area contributed by atoms with E-state index in [-0.39, 0.29) is 5.92 Å². The molecule has 1 aliphatic rings. The number of esters is 1. The number of carboxylic acid groups (broad SMARTS) is 1. The van der Waals surface area contributed by atoms with Gasteiger partial charge in [-0.1, -0.05) is 12.8 Å². The van der Waals surface area contributed by atoms with Gasteiger partial charge in [-0.25, -0.2) is 0 Å². The molecule has 5 nitrogen and oxygen atoms in total. The molecular weight excluding hydrogens is 234 g/mol. The minimum Gasteiger partial charge on any atom is -0.480 e. The minimum atomic E-state index is -1.18. The summed E-state index contributed by atoms with van der Waals surface area (Å²) in [6, 6.07) is -1.18. The van der Waals surface area contributed by atoms with Crippen molar-refractivity contribution in [3.8, 4) is 0 Å². The third-order valence-corrected chi connectivity index (χ3v) is 3.26. The summed E-state index contributed by atoms with van der Waals surface area (Å²) in [7, 11) is 0. The van der Waals surface area contributed by atoms with Gasteiger partial charge in [-0.15, -0.1) is 0 Å². The Kier molecular flexibility index (Phi) is 4.73.